The molecule has 23 heavy (non-hydrogen) atoms. The molecule has 0 bridgehead atoms. The quantitative estimate of drug-likeness (QED) is 0.919. The van der Waals surface area contributed by atoms with Crippen LogP contribution in [0, 0.1) is 11.3 Å². The Balaban J connectivity index is 2.18. The van der Waals surface area contributed by atoms with Gasteiger partial charge in [-0.1, -0.05) is 39.7 Å². The number of sulfone groups is 1. The van der Waals surface area contributed by atoms with Crippen LogP contribution >= 0.6 is 0 Å². The molecule has 2 rings (SSSR count). The predicted molar refractivity (Wildman–Crippen MR) is 92.2 cm³/mol. The average molecular weight is 337 g/mol. The highest BCUT2D eigenvalue weighted by Gasteiger charge is 2.35. The molecule has 1 aliphatic rings. The molecule has 0 saturated heterocycles. The highest BCUT2D eigenvalue weighted by Crippen LogP contribution is 2.38. The zero-order valence-electron chi connectivity index (χ0n) is 14.4. The van der Waals surface area contributed by atoms with Crippen molar-refractivity contribution < 1.29 is 13.2 Å². The van der Waals surface area contributed by atoms with E-state index in [-0.39, 0.29) is 22.3 Å². The Kier molecular flexibility index (Phi) is 5.19. The fraction of sp³-hybridized carbons (Fsp3) is 0.611. The van der Waals surface area contributed by atoms with Crippen LogP contribution in [0.15, 0.2) is 29.2 Å². The molecule has 0 aromatic heterocycles. The van der Waals surface area contributed by atoms with E-state index in [1.165, 1.54) is 18.6 Å². The van der Waals surface area contributed by atoms with Gasteiger partial charge in [-0.05, 0) is 42.4 Å². The van der Waals surface area contributed by atoms with Crippen molar-refractivity contribution in [3.05, 3.63) is 29.8 Å². The van der Waals surface area contributed by atoms with Gasteiger partial charge >= 0.3 is 0 Å². The summed E-state index contributed by atoms with van der Waals surface area (Å²) in [6.45, 7) is 6.64. The van der Waals surface area contributed by atoms with Crippen molar-refractivity contribution in [2.75, 3.05) is 6.26 Å². The van der Waals surface area contributed by atoms with E-state index in [0.29, 0.717) is 11.5 Å². The van der Waals surface area contributed by atoms with E-state index in [4.69, 9.17) is 0 Å². The fourth-order valence-electron chi connectivity index (χ4n) is 3.46. The van der Waals surface area contributed by atoms with Gasteiger partial charge in [0.2, 0.25) is 0 Å². The molecule has 128 valence electrons. The average Bonchev–Trinajstić information content (AvgIpc) is 2.46. The molecule has 1 amide bonds. The van der Waals surface area contributed by atoms with Crippen LogP contribution in [0.3, 0.4) is 0 Å². The summed E-state index contributed by atoms with van der Waals surface area (Å²) >= 11 is 0. The molecule has 1 fully saturated rings. The Bertz CT molecular complexity index is 674. The number of carbonyl (C=O) groups is 1. The van der Waals surface area contributed by atoms with Gasteiger partial charge in [-0.3, -0.25) is 4.79 Å². The van der Waals surface area contributed by atoms with Crippen LogP contribution in [0.5, 0.6) is 0 Å². The van der Waals surface area contributed by atoms with E-state index < -0.39 is 9.84 Å². The summed E-state index contributed by atoms with van der Waals surface area (Å²) in [6.07, 6.45) is 5.59. The lowest BCUT2D eigenvalue weighted by molar-refractivity contribution is 0.0830. The second-order valence-electron chi connectivity index (χ2n) is 7.64. The first-order valence-corrected chi connectivity index (χ1v) is 10.1. The number of hydrogen-bond donors (Lipinski definition) is 1. The van der Waals surface area contributed by atoms with Crippen LogP contribution in [0.4, 0.5) is 0 Å². The molecule has 1 aromatic carbocycles. The number of nitrogens with one attached hydrogen (secondary N) is 1. The van der Waals surface area contributed by atoms with Crippen molar-refractivity contribution >= 4 is 15.7 Å². The molecule has 0 aliphatic heterocycles. The van der Waals surface area contributed by atoms with Gasteiger partial charge in [0.25, 0.3) is 5.91 Å². The molecule has 1 saturated carbocycles. The van der Waals surface area contributed by atoms with Crippen LogP contribution in [-0.4, -0.2) is 26.6 Å². The van der Waals surface area contributed by atoms with E-state index in [9.17, 15) is 13.2 Å². The van der Waals surface area contributed by atoms with Crippen molar-refractivity contribution in [2.45, 2.75) is 57.4 Å². The fourth-order valence-corrected chi connectivity index (χ4v) is 4.13. The van der Waals surface area contributed by atoms with E-state index >= 15 is 0 Å². The van der Waals surface area contributed by atoms with Gasteiger partial charge in [0.05, 0.1) is 4.90 Å². The van der Waals surface area contributed by atoms with Gasteiger partial charge in [-0.25, -0.2) is 8.42 Å². The summed E-state index contributed by atoms with van der Waals surface area (Å²) in [6, 6.07) is 6.41. The van der Waals surface area contributed by atoms with Gasteiger partial charge < -0.3 is 5.32 Å². The molecular weight excluding hydrogens is 310 g/mol. The van der Waals surface area contributed by atoms with Crippen molar-refractivity contribution in [1.82, 2.24) is 5.32 Å². The van der Waals surface area contributed by atoms with Crippen LogP contribution in [0.1, 0.15) is 56.8 Å². The molecule has 0 spiro atoms. The minimum absolute atomic E-state index is 0.146. The normalized spacial score (nSPS) is 22.6. The lowest BCUT2D eigenvalue weighted by Crippen LogP contribution is -2.46. The van der Waals surface area contributed by atoms with Crippen LogP contribution in [0.25, 0.3) is 0 Å². The Labute approximate surface area is 139 Å². The second-order valence-corrected chi connectivity index (χ2v) is 9.65. The summed E-state index contributed by atoms with van der Waals surface area (Å²) in [4.78, 5) is 12.7. The smallest absolute Gasteiger partial charge is 0.251 e. The van der Waals surface area contributed by atoms with Gasteiger partial charge in [-0.15, -0.1) is 0 Å². The predicted octanol–water partition coefficient (Wildman–Crippen LogP) is 3.42. The van der Waals surface area contributed by atoms with E-state index in [1.807, 2.05) is 0 Å². The minimum atomic E-state index is -3.31. The maximum Gasteiger partial charge on any atom is 0.251 e. The van der Waals surface area contributed by atoms with Gasteiger partial charge in [0.1, 0.15) is 0 Å². The Morgan fingerprint density at radius 1 is 1.17 bits per heavy atom. The number of hydrogen-bond acceptors (Lipinski definition) is 3. The lowest BCUT2D eigenvalue weighted by atomic mass is 9.69. The number of amides is 1. The summed E-state index contributed by atoms with van der Waals surface area (Å²) in [5, 5.41) is 3.14. The lowest BCUT2D eigenvalue weighted by Gasteiger charge is -2.40. The zero-order chi connectivity index (χ0) is 17.3. The molecule has 1 aliphatic carbocycles. The van der Waals surface area contributed by atoms with Gasteiger partial charge in [-0.2, -0.15) is 0 Å². The summed E-state index contributed by atoms with van der Waals surface area (Å²) in [7, 11) is -3.31. The molecule has 0 unspecified atom stereocenters. The molecule has 1 aromatic rings. The number of rotatable bonds is 3. The standard InChI is InChI=1S/C18H27NO3S/c1-18(2,3)15-10-5-6-11-16(15)19-17(20)13-8-7-9-14(12-13)23(4,21)22/h7-9,12,15-16H,5-6,10-11H2,1-4H3,(H,19,20)/t15-,16-/m0/s1. The van der Waals surface area contributed by atoms with Crippen molar-refractivity contribution in [3.63, 3.8) is 0 Å². The van der Waals surface area contributed by atoms with Crippen molar-refractivity contribution in [1.29, 1.82) is 0 Å². The maximum absolute atomic E-state index is 12.6. The van der Waals surface area contributed by atoms with Crippen molar-refractivity contribution in [3.8, 4) is 0 Å². The SMILES string of the molecule is CC(C)(C)[C@H]1CCCC[C@@H]1NC(=O)c1cccc(S(C)(=O)=O)c1. The van der Waals surface area contributed by atoms with E-state index in [2.05, 4.69) is 26.1 Å². The summed E-state index contributed by atoms with van der Waals surface area (Å²) in [5.74, 6) is 0.259. The first-order chi connectivity index (χ1) is 10.6. The molecule has 5 heteroatoms. The first kappa shape index (κ1) is 18.0. The summed E-state index contributed by atoms with van der Waals surface area (Å²) in [5.41, 5.74) is 0.554. The second kappa shape index (κ2) is 6.63. The first-order valence-electron chi connectivity index (χ1n) is 8.20. The monoisotopic (exact) mass is 337 g/mol. The third kappa shape index (κ3) is 4.56. The maximum atomic E-state index is 12.6. The highest BCUT2D eigenvalue weighted by atomic mass is 32.2. The third-order valence-electron chi connectivity index (χ3n) is 4.72. The molecule has 2 atom stereocenters. The molecule has 0 heterocycles. The molecule has 0 radical (unpaired) electrons. The summed E-state index contributed by atoms with van der Waals surface area (Å²) < 4.78 is 23.3. The number of carbonyl (C=O) groups excluding carboxylic acids is 1. The van der Waals surface area contributed by atoms with Crippen LogP contribution < -0.4 is 5.32 Å². The van der Waals surface area contributed by atoms with E-state index in [0.717, 1.165) is 25.5 Å². The molecule has 4 nitrogen and oxygen atoms in total. The van der Waals surface area contributed by atoms with Gasteiger partial charge in [0, 0.05) is 17.9 Å². The zero-order valence-corrected chi connectivity index (χ0v) is 15.2. The highest BCUT2D eigenvalue weighted by molar-refractivity contribution is 7.90. The topological polar surface area (TPSA) is 63.2 Å². The van der Waals surface area contributed by atoms with Crippen LogP contribution in [0.2, 0.25) is 0 Å². The Morgan fingerprint density at radius 3 is 2.43 bits per heavy atom. The number of benzene rings is 1. The van der Waals surface area contributed by atoms with Crippen molar-refractivity contribution in [2.24, 2.45) is 11.3 Å². The molecule has 1 N–H and O–H groups in total. The van der Waals surface area contributed by atoms with E-state index in [1.54, 1.807) is 12.1 Å². The largest absolute Gasteiger partial charge is 0.349 e. The van der Waals surface area contributed by atoms with Crippen LogP contribution in [-0.2, 0) is 9.84 Å². The molecular formula is C18H27NO3S. The van der Waals surface area contributed by atoms with Gasteiger partial charge in [0.15, 0.2) is 9.84 Å². The minimum Gasteiger partial charge on any atom is -0.349 e. The Morgan fingerprint density at radius 2 is 1.83 bits per heavy atom. The third-order valence-corrected chi connectivity index (χ3v) is 5.83. The Hall–Kier alpha value is -1.36.